The van der Waals surface area contributed by atoms with Crippen molar-refractivity contribution in [2.24, 2.45) is 7.05 Å². The van der Waals surface area contributed by atoms with Crippen LogP contribution in [0.15, 0.2) is 54.9 Å². The van der Waals surface area contributed by atoms with Gasteiger partial charge in [0.15, 0.2) is 6.30 Å². The van der Waals surface area contributed by atoms with Crippen LogP contribution in [0.5, 0.6) is 0 Å². The third-order valence-electron chi connectivity index (χ3n) is 6.27. The topological polar surface area (TPSA) is 105 Å². The number of rotatable bonds is 4. The quantitative estimate of drug-likeness (QED) is 0.319. The van der Waals surface area contributed by atoms with E-state index in [1.165, 1.54) is 18.4 Å². The standard InChI is InChI=1S/C26H24FN7O2S/c1-28-22(35)9-8-17-14-19-21(37-17)10-12-29-25(19)34-13-11-18(20-15-33(2)32-31-20)23(24(34)27)30-26(36)16-6-4-3-5-7-16/h3-7,10,12,14-15,18,23-24H,11,13H2,1-2H3,(H,28,35)(H,30,36)/t18?,23-,24?/m1/s1. The van der Waals surface area contributed by atoms with Gasteiger partial charge in [-0.2, -0.15) is 0 Å². The number of hydrogen-bond acceptors (Lipinski definition) is 7. The lowest BCUT2D eigenvalue weighted by atomic mass is 9.87. The van der Waals surface area contributed by atoms with Gasteiger partial charge in [0.1, 0.15) is 5.82 Å². The molecule has 1 fully saturated rings. The Morgan fingerprint density at radius 2 is 2.03 bits per heavy atom. The lowest BCUT2D eigenvalue weighted by Crippen LogP contribution is -2.57. The highest BCUT2D eigenvalue weighted by Crippen LogP contribution is 2.38. The summed E-state index contributed by atoms with van der Waals surface area (Å²) in [5.74, 6) is 4.72. The second-order valence-electron chi connectivity index (χ2n) is 8.63. The Morgan fingerprint density at radius 1 is 1.22 bits per heavy atom. The molecule has 2 amide bonds. The van der Waals surface area contributed by atoms with Crippen LogP contribution in [-0.2, 0) is 11.8 Å². The number of hydrogen-bond donors (Lipinski definition) is 2. The Morgan fingerprint density at radius 3 is 2.76 bits per heavy atom. The van der Waals surface area contributed by atoms with Crippen molar-refractivity contribution >= 4 is 39.1 Å². The SMILES string of the molecule is CNC(=O)C#Cc1cc2c(N3CCC(c4cn(C)nn4)[C@@H](NC(=O)c4ccccc4)C3F)nccc2s1. The van der Waals surface area contributed by atoms with E-state index in [-0.39, 0.29) is 17.7 Å². The first-order chi connectivity index (χ1) is 17.9. The van der Waals surface area contributed by atoms with E-state index in [1.807, 2.05) is 18.2 Å². The molecule has 0 radical (unpaired) electrons. The summed E-state index contributed by atoms with van der Waals surface area (Å²) in [5, 5.41) is 14.3. The second-order valence-corrected chi connectivity index (χ2v) is 9.71. The number of piperidine rings is 1. The third-order valence-corrected chi connectivity index (χ3v) is 7.28. The molecular weight excluding hydrogens is 493 g/mol. The van der Waals surface area contributed by atoms with Crippen LogP contribution in [0.25, 0.3) is 10.1 Å². The van der Waals surface area contributed by atoms with Crippen LogP contribution in [-0.4, -0.2) is 57.7 Å². The van der Waals surface area contributed by atoms with Gasteiger partial charge in [-0.15, -0.1) is 16.4 Å². The molecule has 4 aromatic rings. The molecule has 9 nitrogen and oxygen atoms in total. The molecule has 0 bridgehead atoms. The number of nitrogens with one attached hydrogen (secondary N) is 2. The summed E-state index contributed by atoms with van der Waals surface area (Å²) in [5.41, 5.74) is 1.07. The van der Waals surface area contributed by atoms with Crippen LogP contribution in [0, 0.1) is 11.8 Å². The Bertz CT molecular complexity index is 1510. The number of alkyl halides is 1. The molecule has 2 unspecified atom stereocenters. The summed E-state index contributed by atoms with van der Waals surface area (Å²) >= 11 is 1.40. The van der Waals surface area contributed by atoms with Crippen LogP contribution in [0.1, 0.15) is 33.3 Å². The third kappa shape index (κ3) is 5.01. The Hall–Kier alpha value is -4.30. The normalized spacial score (nSPS) is 19.2. The van der Waals surface area contributed by atoms with E-state index in [2.05, 4.69) is 37.8 Å². The summed E-state index contributed by atoms with van der Waals surface area (Å²) < 4.78 is 18.8. The molecule has 188 valence electrons. The summed E-state index contributed by atoms with van der Waals surface area (Å²) in [6.45, 7) is 0.362. The summed E-state index contributed by atoms with van der Waals surface area (Å²) in [6, 6.07) is 11.5. The molecule has 1 aromatic carbocycles. The van der Waals surface area contributed by atoms with Crippen molar-refractivity contribution in [2.75, 3.05) is 18.5 Å². The largest absolute Gasteiger partial charge is 0.348 e. The van der Waals surface area contributed by atoms with E-state index in [0.29, 0.717) is 34.9 Å². The Kier molecular flexibility index (Phi) is 6.83. The average Bonchev–Trinajstić information content (AvgIpc) is 3.54. The maximum atomic E-state index is 16.4. The van der Waals surface area contributed by atoms with Crippen molar-refractivity contribution < 1.29 is 14.0 Å². The second kappa shape index (κ2) is 10.4. The van der Waals surface area contributed by atoms with Crippen molar-refractivity contribution in [1.82, 2.24) is 30.6 Å². The van der Waals surface area contributed by atoms with Gasteiger partial charge in [-0.1, -0.05) is 23.4 Å². The van der Waals surface area contributed by atoms with Crippen molar-refractivity contribution in [3.63, 3.8) is 0 Å². The first kappa shape index (κ1) is 24.4. The Labute approximate surface area is 216 Å². The van der Waals surface area contributed by atoms with Gasteiger partial charge in [0.2, 0.25) is 0 Å². The van der Waals surface area contributed by atoms with Crippen LogP contribution >= 0.6 is 11.3 Å². The minimum atomic E-state index is -1.58. The number of carbonyl (C=O) groups excluding carboxylic acids is 2. The Balaban J connectivity index is 1.49. The molecule has 0 saturated carbocycles. The van der Waals surface area contributed by atoms with E-state index in [1.54, 1.807) is 53.3 Å². The molecule has 3 aromatic heterocycles. The van der Waals surface area contributed by atoms with E-state index < -0.39 is 12.3 Å². The fourth-order valence-electron chi connectivity index (χ4n) is 4.47. The van der Waals surface area contributed by atoms with Crippen LogP contribution in [0.2, 0.25) is 0 Å². The number of benzene rings is 1. The van der Waals surface area contributed by atoms with Gasteiger partial charge >= 0.3 is 0 Å². The molecular formula is C26H24FN7O2S. The number of aromatic nitrogens is 4. The zero-order valence-corrected chi connectivity index (χ0v) is 21.0. The molecule has 1 aliphatic rings. The van der Waals surface area contributed by atoms with Crippen molar-refractivity contribution in [1.29, 1.82) is 0 Å². The summed E-state index contributed by atoms with van der Waals surface area (Å²) in [4.78, 5) is 31.3. The first-order valence-corrected chi connectivity index (χ1v) is 12.5. The molecule has 3 atom stereocenters. The predicted octanol–water partition coefficient (Wildman–Crippen LogP) is 2.61. The molecule has 4 heterocycles. The highest BCUT2D eigenvalue weighted by molar-refractivity contribution is 7.19. The number of carbonyl (C=O) groups is 2. The van der Waals surface area contributed by atoms with Crippen LogP contribution in [0.4, 0.5) is 10.2 Å². The van der Waals surface area contributed by atoms with Gasteiger partial charge in [0.05, 0.1) is 16.6 Å². The average molecular weight is 518 g/mol. The number of thiophene rings is 1. The number of anilines is 1. The zero-order valence-electron chi connectivity index (χ0n) is 20.2. The highest BCUT2D eigenvalue weighted by atomic mass is 32.1. The number of amides is 2. The molecule has 1 saturated heterocycles. The van der Waals surface area contributed by atoms with E-state index >= 15 is 4.39 Å². The fraction of sp³-hybridized carbons (Fsp3) is 0.269. The number of fused-ring (bicyclic) bond motifs is 1. The van der Waals surface area contributed by atoms with Gasteiger partial charge in [0.25, 0.3) is 11.8 Å². The lowest BCUT2D eigenvalue weighted by molar-refractivity contribution is -0.115. The molecule has 1 aliphatic heterocycles. The van der Waals surface area contributed by atoms with Crippen LogP contribution < -0.4 is 15.5 Å². The molecule has 37 heavy (non-hydrogen) atoms. The first-order valence-electron chi connectivity index (χ1n) is 11.7. The van der Waals surface area contributed by atoms with Crippen LogP contribution in [0.3, 0.4) is 0 Å². The van der Waals surface area contributed by atoms with Crippen molar-refractivity contribution in [3.8, 4) is 11.8 Å². The number of aryl methyl sites for hydroxylation is 1. The minimum Gasteiger partial charge on any atom is -0.348 e. The maximum Gasteiger partial charge on any atom is 0.296 e. The lowest BCUT2D eigenvalue weighted by Gasteiger charge is -2.41. The molecule has 0 spiro atoms. The van der Waals surface area contributed by atoms with E-state index in [4.69, 9.17) is 0 Å². The number of halogens is 1. The number of nitrogens with zero attached hydrogens (tertiary/aromatic N) is 5. The van der Waals surface area contributed by atoms with Gasteiger partial charge < -0.3 is 15.5 Å². The zero-order chi connectivity index (χ0) is 25.9. The van der Waals surface area contributed by atoms with Gasteiger partial charge in [-0.05, 0) is 36.6 Å². The minimum absolute atomic E-state index is 0.362. The summed E-state index contributed by atoms with van der Waals surface area (Å²) in [7, 11) is 3.27. The fourth-order valence-corrected chi connectivity index (χ4v) is 5.37. The number of pyridine rings is 1. The van der Waals surface area contributed by atoms with Crippen molar-refractivity contribution in [2.45, 2.75) is 24.7 Å². The highest BCUT2D eigenvalue weighted by Gasteiger charge is 2.42. The van der Waals surface area contributed by atoms with Gasteiger partial charge in [0, 0.05) is 60.5 Å². The molecule has 2 N–H and O–H groups in total. The molecule has 11 heteroatoms. The summed E-state index contributed by atoms with van der Waals surface area (Å²) in [6.07, 6.45) is 2.34. The smallest absolute Gasteiger partial charge is 0.296 e. The van der Waals surface area contributed by atoms with E-state index in [0.717, 1.165) is 10.1 Å². The van der Waals surface area contributed by atoms with Gasteiger partial charge in [-0.3, -0.25) is 14.3 Å². The molecule has 0 aliphatic carbocycles. The van der Waals surface area contributed by atoms with Crippen molar-refractivity contribution in [3.05, 3.63) is 71.0 Å². The maximum absolute atomic E-state index is 16.4. The molecule has 5 rings (SSSR count). The monoisotopic (exact) mass is 517 g/mol. The van der Waals surface area contributed by atoms with Gasteiger partial charge in [-0.25, -0.2) is 9.37 Å². The van der Waals surface area contributed by atoms with E-state index in [9.17, 15) is 9.59 Å². The predicted molar refractivity (Wildman–Crippen MR) is 139 cm³/mol.